The molecule has 0 fully saturated rings. The molecule has 0 spiro atoms. The van der Waals surface area contributed by atoms with Gasteiger partial charge in [0.25, 0.3) is 0 Å². The number of nitrogens with zero attached hydrogens (tertiary/aromatic N) is 1. The summed E-state index contributed by atoms with van der Waals surface area (Å²) in [7, 11) is 0. The van der Waals surface area contributed by atoms with Crippen molar-refractivity contribution in [2.24, 2.45) is 0 Å². The predicted molar refractivity (Wildman–Crippen MR) is 119 cm³/mol. The standard InChI is InChI=1S/C22H30F2N4O2S/c1-5-7-18(27-19(29)11-15-9-16(23)12-17(24)10-15)21(30)28-22-26-14(4)20(31-22)13(3)25-8-6-2/h9-10,12-13,18,25H,5-8,11H2,1-4H3,(H,27,29)(H,26,28,30). The number of amides is 2. The molecule has 1 aromatic carbocycles. The number of hydrogen-bond donors (Lipinski definition) is 3. The summed E-state index contributed by atoms with van der Waals surface area (Å²) in [6, 6.07) is 2.31. The van der Waals surface area contributed by atoms with Crippen LogP contribution in [0.3, 0.4) is 0 Å². The van der Waals surface area contributed by atoms with Gasteiger partial charge in [0.05, 0.1) is 12.1 Å². The molecule has 0 bridgehead atoms. The number of carbonyl (C=O) groups excluding carboxylic acids is 2. The minimum atomic E-state index is -0.765. The first-order valence-corrected chi connectivity index (χ1v) is 11.3. The highest BCUT2D eigenvalue weighted by molar-refractivity contribution is 7.16. The molecule has 0 aliphatic rings. The number of anilines is 1. The first kappa shape index (κ1) is 24.9. The molecular weight excluding hydrogens is 422 g/mol. The zero-order valence-electron chi connectivity index (χ0n) is 18.4. The van der Waals surface area contributed by atoms with E-state index in [1.165, 1.54) is 11.3 Å². The van der Waals surface area contributed by atoms with E-state index in [4.69, 9.17) is 0 Å². The fourth-order valence-corrected chi connectivity index (χ4v) is 4.21. The minimum Gasteiger partial charge on any atom is -0.344 e. The van der Waals surface area contributed by atoms with Gasteiger partial charge >= 0.3 is 0 Å². The summed E-state index contributed by atoms with van der Waals surface area (Å²) >= 11 is 1.40. The van der Waals surface area contributed by atoms with E-state index in [0.29, 0.717) is 18.0 Å². The molecule has 0 aliphatic heterocycles. The average molecular weight is 453 g/mol. The number of aromatic nitrogens is 1. The monoisotopic (exact) mass is 452 g/mol. The third kappa shape index (κ3) is 7.66. The molecule has 2 rings (SSSR count). The Balaban J connectivity index is 2.02. The van der Waals surface area contributed by atoms with Crippen LogP contribution in [-0.4, -0.2) is 29.4 Å². The van der Waals surface area contributed by atoms with E-state index >= 15 is 0 Å². The van der Waals surface area contributed by atoms with Crippen molar-refractivity contribution >= 4 is 28.3 Å². The Bertz CT molecular complexity index is 883. The van der Waals surface area contributed by atoms with Gasteiger partial charge in [-0.15, -0.1) is 0 Å². The summed E-state index contributed by atoms with van der Waals surface area (Å²) in [5.74, 6) is -2.34. The first-order chi connectivity index (χ1) is 14.7. The van der Waals surface area contributed by atoms with Gasteiger partial charge in [-0.1, -0.05) is 31.6 Å². The van der Waals surface area contributed by atoms with Gasteiger partial charge in [-0.25, -0.2) is 13.8 Å². The van der Waals surface area contributed by atoms with Gasteiger partial charge in [0.1, 0.15) is 17.7 Å². The number of nitrogens with one attached hydrogen (secondary N) is 3. The molecule has 2 unspecified atom stereocenters. The Hall–Kier alpha value is -2.39. The molecule has 1 aromatic heterocycles. The second kappa shape index (κ2) is 11.9. The lowest BCUT2D eigenvalue weighted by atomic mass is 10.1. The van der Waals surface area contributed by atoms with E-state index in [-0.39, 0.29) is 23.9 Å². The van der Waals surface area contributed by atoms with Crippen LogP contribution >= 0.6 is 11.3 Å². The summed E-state index contributed by atoms with van der Waals surface area (Å²) in [5, 5.41) is 9.34. The zero-order chi connectivity index (χ0) is 23.0. The number of thiazole rings is 1. The van der Waals surface area contributed by atoms with Crippen LogP contribution in [0.5, 0.6) is 0 Å². The number of halogens is 2. The SMILES string of the molecule is CCCNC(C)c1sc(NC(=O)C(CCC)NC(=O)Cc2cc(F)cc(F)c2)nc1C. The van der Waals surface area contributed by atoms with Crippen molar-refractivity contribution < 1.29 is 18.4 Å². The number of carbonyl (C=O) groups is 2. The fourth-order valence-electron chi connectivity index (χ4n) is 3.21. The second-order valence-corrected chi connectivity index (χ2v) is 8.53. The van der Waals surface area contributed by atoms with Crippen LogP contribution in [0.2, 0.25) is 0 Å². The Morgan fingerprint density at radius 1 is 1.13 bits per heavy atom. The normalized spacial score (nSPS) is 13.0. The summed E-state index contributed by atoms with van der Waals surface area (Å²) in [6.45, 7) is 8.84. The summed E-state index contributed by atoms with van der Waals surface area (Å²) in [6.07, 6.45) is 1.91. The molecule has 0 saturated carbocycles. The van der Waals surface area contributed by atoms with Crippen molar-refractivity contribution in [3.05, 3.63) is 46.0 Å². The molecule has 0 aliphatic carbocycles. The maximum absolute atomic E-state index is 13.3. The van der Waals surface area contributed by atoms with E-state index in [0.717, 1.165) is 41.7 Å². The molecule has 2 atom stereocenters. The third-order valence-corrected chi connectivity index (χ3v) is 5.93. The van der Waals surface area contributed by atoms with E-state index < -0.39 is 23.6 Å². The fraction of sp³-hybridized carbons (Fsp3) is 0.500. The van der Waals surface area contributed by atoms with E-state index in [1.54, 1.807) is 0 Å². The lowest BCUT2D eigenvalue weighted by Gasteiger charge is -2.17. The van der Waals surface area contributed by atoms with E-state index in [1.807, 2.05) is 13.8 Å². The van der Waals surface area contributed by atoms with Gasteiger partial charge in [0.2, 0.25) is 11.8 Å². The van der Waals surface area contributed by atoms with E-state index in [2.05, 4.69) is 34.8 Å². The molecule has 0 radical (unpaired) electrons. The van der Waals surface area contributed by atoms with Crippen molar-refractivity contribution in [3.8, 4) is 0 Å². The Kier molecular flexibility index (Phi) is 9.51. The van der Waals surface area contributed by atoms with Gasteiger partial charge in [-0.2, -0.15) is 0 Å². The maximum atomic E-state index is 13.3. The number of hydrogen-bond acceptors (Lipinski definition) is 5. The highest BCUT2D eigenvalue weighted by atomic mass is 32.1. The number of aryl methyl sites for hydroxylation is 1. The van der Waals surface area contributed by atoms with Crippen LogP contribution in [0.25, 0.3) is 0 Å². The highest BCUT2D eigenvalue weighted by Gasteiger charge is 2.22. The lowest BCUT2D eigenvalue weighted by molar-refractivity contribution is -0.126. The molecule has 0 saturated heterocycles. The van der Waals surface area contributed by atoms with Gasteiger partial charge in [-0.3, -0.25) is 9.59 Å². The predicted octanol–water partition coefficient (Wildman–Crippen LogP) is 4.26. The van der Waals surface area contributed by atoms with Crippen molar-refractivity contribution in [1.82, 2.24) is 15.6 Å². The molecule has 2 aromatic rings. The molecule has 31 heavy (non-hydrogen) atoms. The summed E-state index contributed by atoms with van der Waals surface area (Å²) < 4.78 is 26.7. The van der Waals surface area contributed by atoms with Gasteiger partial charge < -0.3 is 16.0 Å². The summed E-state index contributed by atoms with van der Waals surface area (Å²) in [4.78, 5) is 30.6. The molecule has 170 valence electrons. The average Bonchev–Trinajstić information content (AvgIpc) is 3.04. The van der Waals surface area contributed by atoms with Gasteiger partial charge in [0.15, 0.2) is 5.13 Å². The van der Waals surface area contributed by atoms with Gasteiger partial charge in [-0.05, 0) is 50.9 Å². The Morgan fingerprint density at radius 3 is 2.42 bits per heavy atom. The summed E-state index contributed by atoms with van der Waals surface area (Å²) in [5.41, 5.74) is 1.06. The number of benzene rings is 1. The lowest BCUT2D eigenvalue weighted by Crippen LogP contribution is -2.44. The largest absolute Gasteiger partial charge is 0.344 e. The molecular formula is C22H30F2N4O2S. The van der Waals surface area contributed by atoms with Crippen molar-refractivity contribution in [2.75, 3.05) is 11.9 Å². The molecule has 9 heteroatoms. The van der Waals surface area contributed by atoms with Crippen LogP contribution in [-0.2, 0) is 16.0 Å². The van der Waals surface area contributed by atoms with Crippen LogP contribution in [0.15, 0.2) is 18.2 Å². The Morgan fingerprint density at radius 2 is 1.81 bits per heavy atom. The second-order valence-electron chi connectivity index (χ2n) is 7.50. The maximum Gasteiger partial charge on any atom is 0.248 e. The Labute approximate surface area is 185 Å². The third-order valence-electron chi connectivity index (χ3n) is 4.67. The quantitative estimate of drug-likeness (QED) is 0.476. The molecule has 6 nitrogen and oxygen atoms in total. The van der Waals surface area contributed by atoms with Crippen molar-refractivity contribution in [3.63, 3.8) is 0 Å². The highest BCUT2D eigenvalue weighted by Crippen LogP contribution is 2.28. The smallest absolute Gasteiger partial charge is 0.248 e. The molecule has 2 amide bonds. The van der Waals surface area contributed by atoms with E-state index in [9.17, 15) is 18.4 Å². The molecule has 1 heterocycles. The topological polar surface area (TPSA) is 83.1 Å². The van der Waals surface area contributed by atoms with Crippen molar-refractivity contribution in [2.45, 2.75) is 65.5 Å². The molecule has 3 N–H and O–H groups in total. The minimum absolute atomic E-state index is 0.126. The van der Waals surface area contributed by atoms with Crippen LogP contribution < -0.4 is 16.0 Å². The van der Waals surface area contributed by atoms with Gasteiger partial charge in [0, 0.05) is 17.0 Å². The van der Waals surface area contributed by atoms with Crippen LogP contribution in [0.4, 0.5) is 13.9 Å². The van der Waals surface area contributed by atoms with Crippen LogP contribution in [0.1, 0.15) is 62.2 Å². The van der Waals surface area contributed by atoms with Crippen molar-refractivity contribution in [1.29, 1.82) is 0 Å². The first-order valence-electron chi connectivity index (χ1n) is 10.5. The zero-order valence-corrected chi connectivity index (χ0v) is 19.2. The van der Waals surface area contributed by atoms with Crippen LogP contribution in [0, 0.1) is 18.6 Å². The number of rotatable bonds is 11.